The first kappa shape index (κ1) is 14.6. The largest absolute Gasteiger partial charge is 0.497 e. The van der Waals surface area contributed by atoms with Crippen molar-refractivity contribution in [2.45, 2.75) is 25.5 Å². The van der Waals surface area contributed by atoms with Crippen LogP contribution in [0, 0.1) is 0 Å². The van der Waals surface area contributed by atoms with Crippen molar-refractivity contribution in [3.63, 3.8) is 0 Å². The molecule has 1 aliphatic rings. The van der Waals surface area contributed by atoms with E-state index < -0.39 is 0 Å². The Hall–Kier alpha value is -2.34. The SMILES string of the molecule is COc1ccc2[nH]c(=O)c(CNC(=O)C3CCCO3)cc2c1. The predicted octanol–water partition coefficient (Wildman–Crippen LogP) is 1.33. The molecule has 1 aliphatic heterocycles. The quantitative estimate of drug-likeness (QED) is 0.893. The molecule has 0 spiro atoms. The van der Waals surface area contributed by atoms with Gasteiger partial charge in [0.25, 0.3) is 5.56 Å². The summed E-state index contributed by atoms with van der Waals surface area (Å²) in [6, 6.07) is 7.20. The molecule has 1 aromatic carbocycles. The Bertz CT molecular complexity index is 747. The number of carbonyl (C=O) groups excluding carboxylic acids is 1. The number of hydrogen-bond donors (Lipinski definition) is 2. The molecule has 1 fully saturated rings. The molecule has 1 amide bonds. The summed E-state index contributed by atoms with van der Waals surface area (Å²) in [5.41, 5.74) is 1.04. The molecule has 116 valence electrons. The van der Waals surface area contributed by atoms with Crippen LogP contribution in [0.4, 0.5) is 0 Å². The minimum absolute atomic E-state index is 0.164. The molecule has 0 saturated carbocycles. The number of hydrogen-bond acceptors (Lipinski definition) is 4. The average molecular weight is 302 g/mol. The van der Waals surface area contributed by atoms with Crippen molar-refractivity contribution in [3.05, 3.63) is 40.2 Å². The van der Waals surface area contributed by atoms with Crippen LogP contribution in [0.2, 0.25) is 0 Å². The van der Waals surface area contributed by atoms with E-state index in [1.165, 1.54) is 0 Å². The Kier molecular flexibility index (Phi) is 4.11. The molecule has 0 bridgehead atoms. The fourth-order valence-corrected chi connectivity index (χ4v) is 2.57. The number of benzene rings is 1. The summed E-state index contributed by atoms with van der Waals surface area (Å²) in [4.78, 5) is 26.8. The van der Waals surface area contributed by atoms with E-state index >= 15 is 0 Å². The number of amides is 1. The maximum Gasteiger partial charge on any atom is 0.253 e. The molecule has 1 unspecified atom stereocenters. The Morgan fingerprint density at radius 3 is 3.05 bits per heavy atom. The molecule has 2 N–H and O–H groups in total. The minimum Gasteiger partial charge on any atom is -0.497 e. The maximum atomic E-state index is 12.1. The van der Waals surface area contributed by atoms with E-state index in [4.69, 9.17) is 9.47 Å². The number of rotatable bonds is 4. The van der Waals surface area contributed by atoms with E-state index in [-0.39, 0.29) is 24.1 Å². The zero-order valence-electron chi connectivity index (χ0n) is 12.3. The van der Waals surface area contributed by atoms with Gasteiger partial charge in [0, 0.05) is 29.6 Å². The van der Waals surface area contributed by atoms with E-state index in [0.717, 1.165) is 23.7 Å². The molecule has 1 saturated heterocycles. The highest BCUT2D eigenvalue weighted by Gasteiger charge is 2.23. The molecule has 1 aromatic heterocycles. The summed E-state index contributed by atoms with van der Waals surface area (Å²) >= 11 is 0. The lowest BCUT2D eigenvalue weighted by molar-refractivity contribution is -0.130. The lowest BCUT2D eigenvalue weighted by Gasteiger charge is -2.10. The summed E-state index contributed by atoms with van der Waals surface area (Å²) in [5, 5.41) is 3.62. The predicted molar refractivity (Wildman–Crippen MR) is 81.9 cm³/mol. The maximum absolute atomic E-state index is 12.1. The van der Waals surface area contributed by atoms with Crippen LogP contribution in [0.3, 0.4) is 0 Å². The van der Waals surface area contributed by atoms with Gasteiger partial charge in [0.05, 0.1) is 7.11 Å². The van der Waals surface area contributed by atoms with Crippen molar-refractivity contribution in [1.29, 1.82) is 0 Å². The molecule has 2 heterocycles. The number of methoxy groups -OCH3 is 1. The van der Waals surface area contributed by atoms with E-state index in [1.54, 1.807) is 25.3 Å². The smallest absolute Gasteiger partial charge is 0.253 e. The summed E-state index contributed by atoms with van der Waals surface area (Å²) in [6.45, 7) is 0.801. The van der Waals surface area contributed by atoms with Crippen LogP contribution >= 0.6 is 0 Å². The molecule has 0 aliphatic carbocycles. The number of H-pyrrole nitrogens is 1. The van der Waals surface area contributed by atoms with Gasteiger partial charge in [-0.15, -0.1) is 0 Å². The number of fused-ring (bicyclic) bond motifs is 1. The molecular formula is C16H18N2O4. The first-order valence-electron chi connectivity index (χ1n) is 7.26. The van der Waals surface area contributed by atoms with Crippen LogP contribution in [-0.2, 0) is 16.1 Å². The fourth-order valence-electron chi connectivity index (χ4n) is 2.57. The third-order valence-corrected chi connectivity index (χ3v) is 3.80. The summed E-state index contributed by atoms with van der Waals surface area (Å²) in [5.74, 6) is 0.552. The van der Waals surface area contributed by atoms with Gasteiger partial charge in [-0.3, -0.25) is 9.59 Å². The molecule has 1 atom stereocenters. The molecule has 0 radical (unpaired) electrons. The third-order valence-electron chi connectivity index (χ3n) is 3.80. The van der Waals surface area contributed by atoms with Crippen LogP contribution in [0.15, 0.2) is 29.1 Å². The van der Waals surface area contributed by atoms with E-state index in [2.05, 4.69) is 10.3 Å². The summed E-state index contributed by atoms with van der Waals surface area (Å²) in [6.07, 6.45) is 1.24. The number of nitrogens with one attached hydrogen (secondary N) is 2. The lowest BCUT2D eigenvalue weighted by atomic mass is 10.1. The number of carbonyl (C=O) groups is 1. The molecule has 2 aromatic rings. The van der Waals surface area contributed by atoms with Gasteiger partial charge in [-0.05, 0) is 37.1 Å². The van der Waals surface area contributed by atoms with Gasteiger partial charge in [-0.2, -0.15) is 0 Å². The molecule has 3 rings (SSSR count). The van der Waals surface area contributed by atoms with Gasteiger partial charge in [-0.25, -0.2) is 0 Å². The van der Waals surface area contributed by atoms with Gasteiger partial charge >= 0.3 is 0 Å². The first-order chi connectivity index (χ1) is 10.7. The van der Waals surface area contributed by atoms with Crippen molar-refractivity contribution < 1.29 is 14.3 Å². The zero-order valence-corrected chi connectivity index (χ0v) is 12.3. The monoisotopic (exact) mass is 302 g/mol. The van der Waals surface area contributed by atoms with E-state index in [1.807, 2.05) is 6.07 Å². The lowest BCUT2D eigenvalue weighted by Crippen LogP contribution is -2.35. The number of ether oxygens (including phenoxy) is 2. The highest BCUT2D eigenvalue weighted by Crippen LogP contribution is 2.18. The van der Waals surface area contributed by atoms with Crippen LogP contribution in [0.25, 0.3) is 10.9 Å². The second-order valence-electron chi connectivity index (χ2n) is 5.30. The molecule has 6 nitrogen and oxygen atoms in total. The third kappa shape index (κ3) is 2.96. The number of aromatic nitrogens is 1. The van der Waals surface area contributed by atoms with E-state index in [9.17, 15) is 9.59 Å². The second kappa shape index (κ2) is 6.19. The van der Waals surface area contributed by atoms with Crippen molar-refractivity contribution in [1.82, 2.24) is 10.3 Å². The highest BCUT2D eigenvalue weighted by atomic mass is 16.5. The zero-order chi connectivity index (χ0) is 15.5. The number of aromatic amines is 1. The Morgan fingerprint density at radius 2 is 2.32 bits per heavy atom. The van der Waals surface area contributed by atoms with Gasteiger partial charge in [0.15, 0.2) is 0 Å². The second-order valence-corrected chi connectivity index (χ2v) is 5.30. The van der Waals surface area contributed by atoms with Crippen LogP contribution in [0.5, 0.6) is 5.75 Å². The van der Waals surface area contributed by atoms with E-state index in [0.29, 0.717) is 17.9 Å². The fraction of sp³-hybridized carbons (Fsp3) is 0.375. The molecule has 22 heavy (non-hydrogen) atoms. The molecular weight excluding hydrogens is 284 g/mol. The molecule has 6 heteroatoms. The Balaban J connectivity index is 1.79. The Morgan fingerprint density at radius 1 is 1.45 bits per heavy atom. The average Bonchev–Trinajstić information content (AvgIpc) is 3.06. The van der Waals surface area contributed by atoms with Crippen molar-refractivity contribution >= 4 is 16.8 Å². The highest BCUT2D eigenvalue weighted by molar-refractivity contribution is 5.82. The van der Waals surface area contributed by atoms with Crippen LogP contribution in [-0.4, -0.2) is 30.7 Å². The van der Waals surface area contributed by atoms with Crippen molar-refractivity contribution in [3.8, 4) is 5.75 Å². The Labute approximate surface area is 127 Å². The van der Waals surface area contributed by atoms with Gasteiger partial charge in [0.2, 0.25) is 5.91 Å². The minimum atomic E-state index is -0.389. The standard InChI is InChI=1S/C16H18N2O4/c1-21-12-4-5-13-10(8-12)7-11(15(19)18-13)9-17-16(20)14-3-2-6-22-14/h4-5,7-8,14H,2-3,6,9H2,1H3,(H,17,20)(H,18,19). The van der Waals surface area contributed by atoms with Crippen molar-refractivity contribution in [2.24, 2.45) is 0 Å². The summed E-state index contributed by atoms with van der Waals surface area (Å²) in [7, 11) is 1.59. The van der Waals surface area contributed by atoms with Gasteiger partial charge in [-0.1, -0.05) is 0 Å². The van der Waals surface area contributed by atoms with Crippen LogP contribution in [0.1, 0.15) is 18.4 Å². The number of pyridine rings is 1. The van der Waals surface area contributed by atoms with Crippen LogP contribution < -0.4 is 15.6 Å². The topological polar surface area (TPSA) is 80.4 Å². The van der Waals surface area contributed by atoms with Crippen molar-refractivity contribution in [2.75, 3.05) is 13.7 Å². The van der Waals surface area contributed by atoms with Gasteiger partial charge < -0.3 is 19.8 Å². The van der Waals surface area contributed by atoms with Gasteiger partial charge in [0.1, 0.15) is 11.9 Å². The summed E-state index contributed by atoms with van der Waals surface area (Å²) < 4.78 is 10.5. The normalized spacial score (nSPS) is 17.6. The first-order valence-corrected chi connectivity index (χ1v) is 7.26.